The van der Waals surface area contributed by atoms with Crippen LogP contribution in [-0.4, -0.2) is 15.5 Å². The quantitative estimate of drug-likeness (QED) is 0.892. The van der Waals surface area contributed by atoms with E-state index in [-0.39, 0.29) is 6.04 Å². The third-order valence-electron chi connectivity index (χ3n) is 2.83. The second-order valence-electron chi connectivity index (χ2n) is 4.17. The van der Waals surface area contributed by atoms with Crippen LogP contribution in [0.2, 0.25) is 0 Å². The van der Waals surface area contributed by atoms with Crippen molar-refractivity contribution in [1.29, 1.82) is 0 Å². The van der Waals surface area contributed by atoms with Gasteiger partial charge in [0.1, 0.15) is 4.21 Å². The number of thiophene rings is 1. The van der Waals surface area contributed by atoms with Crippen LogP contribution in [-0.2, 0) is 10.0 Å². The Balaban J connectivity index is 2.25. The highest BCUT2D eigenvalue weighted by atomic mass is 32.2. The summed E-state index contributed by atoms with van der Waals surface area (Å²) >= 11 is 1.20. The zero-order chi connectivity index (χ0) is 13.9. The number of sulfonamides is 1. The van der Waals surface area contributed by atoms with Crippen molar-refractivity contribution in [3.05, 3.63) is 47.3 Å². The minimum atomic E-state index is -3.47. The van der Waals surface area contributed by atoms with Crippen molar-refractivity contribution in [2.75, 3.05) is 11.8 Å². The summed E-state index contributed by atoms with van der Waals surface area (Å²) < 4.78 is 27.1. The fraction of sp³-hybridized carbons (Fsp3) is 0.231. The highest BCUT2D eigenvalue weighted by Crippen LogP contribution is 2.22. The van der Waals surface area contributed by atoms with Gasteiger partial charge in [-0.1, -0.05) is 18.2 Å². The van der Waals surface area contributed by atoms with Crippen LogP contribution >= 0.6 is 11.3 Å². The topological polar surface area (TPSA) is 58.2 Å². The molecule has 1 aromatic heterocycles. The summed E-state index contributed by atoms with van der Waals surface area (Å²) in [6.07, 6.45) is 0. The molecular weight excluding hydrogens is 280 g/mol. The highest BCUT2D eigenvalue weighted by Gasteiger charge is 2.15. The van der Waals surface area contributed by atoms with Crippen molar-refractivity contribution < 1.29 is 8.42 Å². The molecule has 0 amide bonds. The van der Waals surface area contributed by atoms with Gasteiger partial charge < -0.3 is 5.32 Å². The predicted octanol–water partition coefficient (Wildman–Crippen LogP) is 2.83. The van der Waals surface area contributed by atoms with Gasteiger partial charge in [-0.05, 0) is 43.1 Å². The van der Waals surface area contributed by atoms with Crippen LogP contribution in [0.1, 0.15) is 18.5 Å². The number of hydrogen-bond acceptors (Lipinski definition) is 4. The Morgan fingerprint density at radius 3 is 2.63 bits per heavy atom. The van der Waals surface area contributed by atoms with Gasteiger partial charge in [0, 0.05) is 11.7 Å². The first kappa shape index (κ1) is 14.0. The number of benzene rings is 1. The molecule has 1 unspecified atom stereocenters. The van der Waals surface area contributed by atoms with Crippen molar-refractivity contribution >= 4 is 27.0 Å². The standard InChI is InChI=1S/C13H16N2O2S2/c1-10(14-2)11-5-3-6-12(9-11)15-19(16,17)13-7-4-8-18-13/h3-10,14-15H,1-2H3. The Bertz CT molecular complexity index is 636. The molecule has 2 aromatic rings. The smallest absolute Gasteiger partial charge is 0.271 e. The molecule has 19 heavy (non-hydrogen) atoms. The molecule has 1 aromatic carbocycles. The Labute approximate surface area is 117 Å². The van der Waals surface area contributed by atoms with Crippen LogP contribution in [0, 0.1) is 0 Å². The average molecular weight is 296 g/mol. The molecule has 4 nitrogen and oxygen atoms in total. The Morgan fingerprint density at radius 1 is 1.21 bits per heavy atom. The number of nitrogens with one attached hydrogen (secondary N) is 2. The van der Waals surface area contributed by atoms with E-state index in [1.165, 1.54) is 11.3 Å². The van der Waals surface area contributed by atoms with Crippen molar-refractivity contribution in [2.45, 2.75) is 17.2 Å². The van der Waals surface area contributed by atoms with Gasteiger partial charge in [0.25, 0.3) is 10.0 Å². The summed E-state index contributed by atoms with van der Waals surface area (Å²) in [4.78, 5) is 0. The molecule has 1 heterocycles. The maximum atomic E-state index is 12.1. The van der Waals surface area contributed by atoms with Crippen LogP contribution in [0.4, 0.5) is 5.69 Å². The van der Waals surface area contributed by atoms with E-state index in [0.717, 1.165) is 5.56 Å². The second kappa shape index (κ2) is 5.73. The minimum Gasteiger partial charge on any atom is -0.313 e. The average Bonchev–Trinajstić information content (AvgIpc) is 2.92. The summed E-state index contributed by atoms with van der Waals surface area (Å²) in [5.41, 5.74) is 1.61. The van der Waals surface area contributed by atoms with Gasteiger partial charge in [0.15, 0.2) is 0 Å². The van der Waals surface area contributed by atoms with Gasteiger partial charge in [0.2, 0.25) is 0 Å². The first-order valence-electron chi connectivity index (χ1n) is 5.86. The molecule has 0 bridgehead atoms. The maximum absolute atomic E-state index is 12.1. The number of rotatable bonds is 5. The molecule has 0 saturated heterocycles. The van der Waals surface area contributed by atoms with Gasteiger partial charge in [-0.25, -0.2) is 8.42 Å². The van der Waals surface area contributed by atoms with Crippen molar-refractivity contribution in [2.24, 2.45) is 0 Å². The van der Waals surface area contributed by atoms with Crippen LogP contribution in [0.5, 0.6) is 0 Å². The molecule has 0 radical (unpaired) electrons. The molecule has 2 rings (SSSR count). The molecule has 0 fully saturated rings. The van der Waals surface area contributed by atoms with E-state index in [2.05, 4.69) is 10.0 Å². The monoisotopic (exact) mass is 296 g/mol. The molecule has 0 aliphatic heterocycles. The molecular formula is C13H16N2O2S2. The molecule has 102 valence electrons. The zero-order valence-corrected chi connectivity index (χ0v) is 12.4. The molecule has 2 N–H and O–H groups in total. The van der Waals surface area contributed by atoms with E-state index in [1.807, 2.05) is 32.2 Å². The normalized spacial score (nSPS) is 13.2. The lowest BCUT2D eigenvalue weighted by Crippen LogP contribution is -2.14. The van der Waals surface area contributed by atoms with Gasteiger partial charge in [0.05, 0.1) is 0 Å². The van der Waals surface area contributed by atoms with Gasteiger partial charge in [-0.3, -0.25) is 4.72 Å². The summed E-state index contributed by atoms with van der Waals surface area (Å²) in [7, 11) is -1.60. The van der Waals surface area contributed by atoms with Crippen molar-refractivity contribution in [3.63, 3.8) is 0 Å². The third kappa shape index (κ3) is 3.34. The molecule has 0 aliphatic rings. The van der Waals surface area contributed by atoms with Gasteiger partial charge in [-0.15, -0.1) is 11.3 Å². The van der Waals surface area contributed by atoms with Gasteiger partial charge >= 0.3 is 0 Å². The SMILES string of the molecule is CNC(C)c1cccc(NS(=O)(=O)c2cccs2)c1. The second-order valence-corrected chi connectivity index (χ2v) is 7.03. The first-order chi connectivity index (χ1) is 9.03. The number of hydrogen-bond donors (Lipinski definition) is 2. The largest absolute Gasteiger partial charge is 0.313 e. The van der Waals surface area contributed by atoms with Crippen molar-refractivity contribution in [3.8, 4) is 0 Å². The maximum Gasteiger partial charge on any atom is 0.271 e. The third-order valence-corrected chi connectivity index (χ3v) is 5.61. The fourth-order valence-corrected chi connectivity index (χ4v) is 3.70. The summed E-state index contributed by atoms with van der Waals surface area (Å²) in [6.45, 7) is 2.02. The predicted molar refractivity (Wildman–Crippen MR) is 79.0 cm³/mol. The molecule has 0 saturated carbocycles. The van der Waals surface area contributed by atoms with E-state index >= 15 is 0 Å². The molecule has 1 atom stereocenters. The summed E-state index contributed by atoms with van der Waals surface area (Å²) in [5.74, 6) is 0. The molecule has 0 spiro atoms. The van der Waals surface area contributed by atoms with Crippen LogP contribution in [0.3, 0.4) is 0 Å². The zero-order valence-electron chi connectivity index (χ0n) is 10.8. The van der Waals surface area contributed by atoms with Gasteiger partial charge in [-0.2, -0.15) is 0 Å². The van der Waals surface area contributed by atoms with Crippen LogP contribution in [0.25, 0.3) is 0 Å². The fourth-order valence-electron chi connectivity index (χ4n) is 1.66. The van der Waals surface area contributed by atoms with E-state index in [1.54, 1.807) is 23.6 Å². The van der Waals surface area contributed by atoms with E-state index in [4.69, 9.17) is 0 Å². The Morgan fingerprint density at radius 2 is 2.00 bits per heavy atom. The molecule has 6 heteroatoms. The first-order valence-corrected chi connectivity index (χ1v) is 8.23. The highest BCUT2D eigenvalue weighted by molar-refractivity contribution is 7.94. The van der Waals surface area contributed by atoms with E-state index in [9.17, 15) is 8.42 Å². The Hall–Kier alpha value is -1.37. The Kier molecular flexibility index (Phi) is 4.24. The summed E-state index contributed by atoms with van der Waals surface area (Å²) in [5, 5.41) is 4.87. The van der Waals surface area contributed by atoms with E-state index < -0.39 is 10.0 Å². The van der Waals surface area contributed by atoms with Crippen LogP contribution in [0.15, 0.2) is 46.0 Å². The number of anilines is 1. The minimum absolute atomic E-state index is 0.172. The van der Waals surface area contributed by atoms with Crippen molar-refractivity contribution in [1.82, 2.24) is 5.32 Å². The lowest BCUT2D eigenvalue weighted by atomic mass is 10.1. The lowest BCUT2D eigenvalue weighted by Gasteiger charge is -2.13. The molecule has 0 aliphatic carbocycles. The van der Waals surface area contributed by atoms with E-state index in [0.29, 0.717) is 9.90 Å². The lowest BCUT2D eigenvalue weighted by molar-refractivity contribution is 0.603. The summed E-state index contributed by atoms with van der Waals surface area (Å²) in [6, 6.07) is 10.9. The van der Waals surface area contributed by atoms with Crippen LogP contribution < -0.4 is 10.0 Å².